The van der Waals surface area contributed by atoms with E-state index in [1.165, 1.54) is 0 Å². The number of hydrogen-bond acceptors (Lipinski definition) is 1. The fourth-order valence-corrected chi connectivity index (χ4v) is 0.0833. The van der Waals surface area contributed by atoms with Gasteiger partial charge in [0.2, 0.25) is 0 Å². The average molecular weight is 78.0 g/mol. The maximum absolute atomic E-state index is 4.32. The molecule has 0 N–H and O–H groups in total. The minimum atomic E-state index is 0. The molecule has 0 saturated carbocycles. The van der Waals surface area contributed by atoms with E-state index in [1.54, 1.807) is 6.08 Å². The molecule has 0 aromatic heterocycles. The van der Waals surface area contributed by atoms with Crippen LogP contribution in [0, 0.1) is 7.11 Å². The summed E-state index contributed by atoms with van der Waals surface area (Å²) >= 11 is 0. The molecule has 0 aliphatic heterocycles. The fraction of sp³-hybridized carbons (Fsp3) is 0.250. The van der Waals surface area contributed by atoms with E-state index in [-0.39, 0.29) is 18.9 Å². The van der Waals surface area contributed by atoms with Crippen molar-refractivity contribution in [1.82, 2.24) is 0 Å². The molecule has 0 saturated heterocycles. The van der Waals surface area contributed by atoms with Crippen LogP contribution in [0.5, 0.6) is 0 Å². The van der Waals surface area contributed by atoms with Crippen LogP contribution in [0.2, 0.25) is 0 Å². The number of hydrogen-bond donors (Lipinski definition) is 0. The summed E-state index contributed by atoms with van der Waals surface area (Å²) in [5.74, 6) is 0. The molecule has 30 valence electrons. The second-order valence-electron chi connectivity index (χ2n) is 0.659. The Morgan fingerprint density at radius 2 is 2.33 bits per heavy atom. The average Bonchev–Trinajstić information content (AvgIpc) is 1.41. The Hall–Kier alpha value is 0.297. The molecule has 6 heavy (non-hydrogen) atoms. The Kier molecular flexibility index (Phi) is 14.4. The van der Waals surface area contributed by atoms with Crippen LogP contribution in [0.3, 0.4) is 0 Å². The van der Waals surface area contributed by atoms with Crippen LogP contribution in [0.1, 0.15) is 0 Å². The zero-order valence-corrected chi connectivity index (χ0v) is 4.11. The Morgan fingerprint density at radius 1 is 1.83 bits per heavy atom. The smallest absolute Gasteiger partial charge is 0.552 e. The molecule has 0 atom stereocenters. The number of ether oxygens (including phenoxy) is 1. The van der Waals surface area contributed by atoms with Gasteiger partial charge in [-0.1, -0.05) is 6.08 Å². The van der Waals surface area contributed by atoms with Crippen molar-refractivity contribution in [3.8, 4) is 0 Å². The maximum atomic E-state index is 4.32. The van der Waals surface area contributed by atoms with Gasteiger partial charge in [0.25, 0.3) is 0 Å². The third-order valence-corrected chi connectivity index (χ3v) is 0.236. The van der Waals surface area contributed by atoms with E-state index in [9.17, 15) is 0 Å². The van der Waals surface area contributed by atoms with Crippen LogP contribution in [0.4, 0.5) is 0 Å². The van der Waals surface area contributed by atoms with Gasteiger partial charge in [-0.15, -0.1) is 6.58 Å². The molecule has 0 fully saturated rings. The van der Waals surface area contributed by atoms with Crippen LogP contribution in [0.15, 0.2) is 12.7 Å². The van der Waals surface area contributed by atoms with Gasteiger partial charge in [-0.3, -0.25) is 0 Å². The van der Waals surface area contributed by atoms with E-state index in [4.69, 9.17) is 0 Å². The van der Waals surface area contributed by atoms with Gasteiger partial charge in [0.15, 0.2) is 0 Å². The second-order valence-corrected chi connectivity index (χ2v) is 0.659. The molecule has 0 spiro atoms. The molecule has 0 rings (SSSR count). The van der Waals surface area contributed by atoms with Crippen molar-refractivity contribution in [3.63, 3.8) is 0 Å². The van der Waals surface area contributed by atoms with Crippen LogP contribution in [0.25, 0.3) is 0 Å². The standard InChI is InChI=1S/C4H7O.Li/c1-3-4-5-2;/h3H,1-2,4H2;/q-1;+1. The van der Waals surface area contributed by atoms with Crippen molar-refractivity contribution in [1.29, 1.82) is 0 Å². The van der Waals surface area contributed by atoms with E-state index < -0.39 is 0 Å². The normalized spacial score (nSPS) is 6.17. The van der Waals surface area contributed by atoms with Crippen molar-refractivity contribution in [2.75, 3.05) is 6.61 Å². The van der Waals surface area contributed by atoms with Crippen molar-refractivity contribution >= 4 is 0 Å². The molecule has 1 nitrogen and oxygen atoms in total. The van der Waals surface area contributed by atoms with Gasteiger partial charge in [-0.25, -0.2) is 7.11 Å². The van der Waals surface area contributed by atoms with Gasteiger partial charge in [0.05, 0.1) is 0 Å². The molecule has 0 heterocycles. The first kappa shape index (κ1) is 9.57. The fourth-order valence-electron chi connectivity index (χ4n) is 0.0833. The second kappa shape index (κ2) is 9.00. The predicted molar refractivity (Wildman–Crippen MR) is 21.5 cm³/mol. The number of rotatable bonds is 2. The summed E-state index contributed by atoms with van der Waals surface area (Å²) in [4.78, 5) is 0. The first-order valence-corrected chi connectivity index (χ1v) is 1.39. The minimum Gasteiger partial charge on any atom is -0.552 e. The topological polar surface area (TPSA) is 9.23 Å². The summed E-state index contributed by atoms with van der Waals surface area (Å²) in [5.41, 5.74) is 0. The van der Waals surface area contributed by atoms with Crippen LogP contribution in [-0.2, 0) is 4.74 Å². The summed E-state index contributed by atoms with van der Waals surface area (Å²) in [7, 11) is 3.10. The van der Waals surface area contributed by atoms with Gasteiger partial charge in [0.1, 0.15) is 0 Å². The van der Waals surface area contributed by atoms with Crippen LogP contribution in [-0.4, -0.2) is 6.61 Å². The molecular weight excluding hydrogens is 71.0 g/mol. The first-order valence-electron chi connectivity index (χ1n) is 1.39. The van der Waals surface area contributed by atoms with Crippen molar-refractivity contribution in [2.45, 2.75) is 0 Å². The molecule has 0 radical (unpaired) electrons. The van der Waals surface area contributed by atoms with Crippen molar-refractivity contribution < 1.29 is 23.6 Å². The molecule has 0 aromatic rings. The van der Waals surface area contributed by atoms with Gasteiger partial charge < -0.3 is 4.74 Å². The third-order valence-electron chi connectivity index (χ3n) is 0.236. The molecule has 0 unspecified atom stereocenters. The summed E-state index contributed by atoms with van der Waals surface area (Å²) in [5, 5.41) is 0. The Bertz CT molecular complexity index is 28.7. The maximum Gasteiger partial charge on any atom is 1.00 e. The van der Waals surface area contributed by atoms with E-state index >= 15 is 0 Å². The summed E-state index contributed by atoms with van der Waals surface area (Å²) in [6.07, 6.45) is 1.65. The van der Waals surface area contributed by atoms with E-state index in [0.717, 1.165) is 0 Å². The van der Waals surface area contributed by atoms with Gasteiger partial charge in [0, 0.05) is 6.61 Å². The first-order chi connectivity index (χ1) is 2.41. The molecule has 0 amide bonds. The molecule has 0 aromatic carbocycles. The zero-order chi connectivity index (χ0) is 4.12. The molecule has 0 aliphatic rings. The summed E-state index contributed by atoms with van der Waals surface area (Å²) in [6, 6.07) is 0. The summed E-state index contributed by atoms with van der Waals surface area (Å²) < 4.78 is 4.32. The monoisotopic (exact) mass is 78.1 g/mol. The van der Waals surface area contributed by atoms with E-state index in [1.807, 2.05) is 0 Å². The quantitative estimate of drug-likeness (QED) is 0.210. The minimum absolute atomic E-state index is 0. The van der Waals surface area contributed by atoms with E-state index in [2.05, 4.69) is 18.4 Å². The zero-order valence-electron chi connectivity index (χ0n) is 4.11. The Balaban J connectivity index is 0. The summed E-state index contributed by atoms with van der Waals surface area (Å²) in [6.45, 7) is 3.93. The molecule has 0 aliphatic carbocycles. The Labute approximate surface area is 50.6 Å². The Morgan fingerprint density at radius 3 is 2.33 bits per heavy atom. The van der Waals surface area contributed by atoms with Crippen LogP contribution < -0.4 is 18.9 Å². The molecule has 0 bridgehead atoms. The van der Waals surface area contributed by atoms with E-state index in [0.29, 0.717) is 6.61 Å². The largest absolute Gasteiger partial charge is 1.00 e. The van der Waals surface area contributed by atoms with Gasteiger partial charge in [-0.2, -0.15) is 0 Å². The van der Waals surface area contributed by atoms with Crippen LogP contribution >= 0.6 is 0 Å². The van der Waals surface area contributed by atoms with Gasteiger partial charge in [-0.05, 0) is 0 Å². The molecular formula is C4H7LiO. The van der Waals surface area contributed by atoms with Crippen molar-refractivity contribution in [3.05, 3.63) is 19.8 Å². The molecule has 2 heteroatoms. The SMILES string of the molecule is C=CCO[CH2-].[Li+]. The third kappa shape index (κ3) is 8.85. The predicted octanol–water partition coefficient (Wildman–Crippen LogP) is -2.02. The van der Waals surface area contributed by atoms with Crippen molar-refractivity contribution in [2.24, 2.45) is 0 Å². The van der Waals surface area contributed by atoms with Gasteiger partial charge >= 0.3 is 18.9 Å².